The Hall–Kier alpha value is -1.86. The molecule has 2 aromatic carbocycles. The van der Waals surface area contributed by atoms with Gasteiger partial charge in [-0.05, 0) is 23.8 Å². The summed E-state index contributed by atoms with van der Waals surface area (Å²) in [5, 5.41) is 0. The lowest BCUT2D eigenvalue weighted by Crippen LogP contribution is -2.10. The zero-order valence-electron chi connectivity index (χ0n) is 10.8. The number of hydrogen-bond acceptors (Lipinski definition) is 3. The first-order valence-electron chi connectivity index (χ1n) is 5.98. The van der Waals surface area contributed by atoms with Crippen LogP contribution in [0.25, 0.3) is 0 Å². The number of halogens is 3. The van der Waals surface area contributed by atoms with Gasteiger partial charge in [0.25, 0.3) is 0 Å². The van der Waals surface area contributed by atoms with E-state index in [4.69, 9.17) is 5.73 Å². The Balaban J connectivity index is 2.42. The summed E-state index contributed by atoms with van der Waals surface area (Å²) in [5.41, 5.74) is 5.86. The van der Waals surface area contributed by atoms with Crippen LogP contribution in [0.15, 0.2) is 41.3 Å². The second-order valence-corrected chi connectivity index (χ2v) is 6.42. The van der Waals surface area contributed by atoms with Crippen molar-refractivity contribution in [3.63, 3.8) is 0 Å². The summed E-state index contributed by atoms with van der Waals surface area (Å²) in [6, 6.07) is 5.99. The third kappa shape index (κ3) is 3.43. The van der Waals surface area contributed by atoms with Crippen molar-refractivity contribution >= 4 is 9.84 Å². The van der Waals surface area contributed by atoms with E-state index in [9.17, 15) is 21.6 Å². The molecule has 0 aliphatic heterocycles. The second kappa shape index (κ2) is 5.87. The predicted molar refractivity (Wildman–Crippen MR) is 71.5 cm³/mol. The minimum absolute atomic E-state index is 0.110. The van der Waals surface area contributed by atoms with Crippen molar-refractivity contribution in [1.29, 1.82) is 0 Å². The van der Waals surface area contributed by atoms with Crippen molar-refractivity contribution in [2.45, 2.75) is 17.2 Å². The van der Waals surface area contributed by atoms with Gasteiger partial charge in [-0.25, -0.2) is 21.6 Å². The van der Waals surface area contributed by atoms with Crippen LogP contribution in [0.5, 0.6) is 0 Å². The molecule has 2 aromatic rings. The lowest BCUT2D eigenvalue weighted by Gasteiger charge is -2.08. The van der Waals surface area contributed by atoms with Crippen molar-refractivity contribution in [1.82, 2.24) is 0 Å². The molecule has 0 aromatic heterocycles. The zero-order chi connectivity index (χ0) is 15.6. The van der Waals surface area contributed by atoms with Gasteiger partial charge in [0.05, 0.1) is 5.75 Å². The average molecular weight is 315 g/mol. The second-order valence-electron chi connectivity index (χ2n) is 4.46. The Morgan fingerprint density at radius 1 is 0.952 bits per heavy atom. The van der Waals surface area contributed by atoms with Crippen LogP contribution < -0.4 is 5.73 Å². The van der Waals surface area contributed by atoms with Crippen LogP contribution in [0.4, 0.5) is 13.2 Å². The summed E-state index contributed by atoms with van der Waals surface area (Å²) in [6.45, 7) is 0.123. The monoisotopic (exact) mass is 315 g/mol. The van der Waals surface area contributed by atoms with Crippen molar-refractivity contribution in [3.8, 4) is 0 Å². The third-order valence-electron chi connectivity index (χ3n) is 2.92. The third-order valence-corrected chi connectivity index (χ3v) is 4.61. The van der Waals surface area contributed by atoms with Crippen LogP contribution in [0.1, 0.15) is 11.1 Å². The molecule has 0 aliphatic carbocycles. The standard InChI is InChI=1S/C14H12F3NO2S/c15-11-2-4-14(13(17)6-11)21(19,20)8-10-5-9(7-18)1-3-12(10)16/h1-6H,7-8,18H2. The molecule has 0 amide bonds. The Morgan fingerprint density at radius 2 is 1.67 bits per heavy atom. The molecule has 0 saturated carbocycles. The number of benzene rings is 2. The quantitative estimate of drug-likeness (QED) is 0.882. The van der Waals surface area contributed by atoms with E-state index >= 15 is 0 Å². The fourth-order valence-electron chi connectivity index (χ4n) is 1.88. The molecule has 0 heterocycles. The Morgan fingerprint density at radius 3 is 2.29 bits per heavy atom. The summed E-state index contributed by atoms with van der Waals surface area (Å²) in [5.74, 6) is -3.54. The molecule has 0 saturated heterocycles. The Kier molecular flexibility index (Phi) is 4.34. The van der Waals surface area contributed by atoms with Crippen molar-refractivity contribution < 1.29 is 21.6 Å². The Bertz CT molecular complexity index is 776. The highest BCUT2D eigenvalue weighted by Crippen LogP contribution is 2.22. The highest BCUT2D eigenvalue weighted by Gasteiger charge is 2.22. The number of rotatable bonds is 4. The number of hydrogen-bond donors (Lipinski definition) is 1. The van der Waals surface area contributed by atoms with E-state index in [0.29, 0.717) is 11.6 Å². The molecule has 2 N–H and O–H groups in total. The summed E-state index contributed by atoms with van der Waals surface area (Å²) in [6.07, 6.45) is 0. The number of sulfone groups is 1. The lowest BCUT2D eigenvalue weighted by molar-refractivity contribution is 0.547. The topological polar surface area (TPSA) is 60.2 Å². The maximum absolute atomic E-state index is 13.7. The van der Waals surface area contributed by atoms with Crippen molar-refractivity contribution in [3.05, 3.63) is 65.0 Å². The van der Waals surface area contributed by atoms with Crippen molar-refractivity contribution in [2.75, 3.05) is 0 Å². The molecule has 0 unspecified atom stereocenters. The summed E-state index contributed by atoms with van der Waals surface area (Å²) < 4.78 is 64.3. The van der Waals surface area contributed by atoms with Gasteiger partial charge in [-0.3, -0.25) is 0 Å². The fourth-order valence-corrected chi connectivity index (χ4v) is 3.29. The van der Waals surface area contributed by atoms with Crippen LogP contribution in [-0.4, -0.2) is 8.42 Å². The molecule has 7 heteroatoms. The predicted octanol–water partition coefficient (Wildman–Crippen LogP) is 2.54. The number of nitrogens with two attached hydrogens (primary N) is 1. The van der Waals surface area contributed by atoms with Crippen LogP contribution in [0.3, 0.4) is 0 Å². The lowest BCUT2D eigenvalue weighted by atomic mass is 10.1. The van der Waals surface area contributed by atoms with Gasteiger partial charge in [0.2, 0.25) is 0 Å². The van der Waals surface area contributed by atoms with Gasteiger partial charge in [-0.2, -0.15) is 0 Å². The first kappa shape index (κ1) is 15.5. The summed E-state index contributed by atoms with van der Waals surface area (Å²) in [7, 11) is -4.13. The van der Waals surface area contributed by atoms with Gasteiger partial charge in [0.1, 0.15) is 22.3 Å². The van der Waals surface area contributed by atoms with E-state index in [1.165, 1.54) is 12.1 Å². The van der Waals surface area contributed by atoms with Crippen molar-refractivity contribution in [2.24, 2.45) is 5.73 Å². The molecule has 0 aliphatic rings. The van der Waals surface area contributed by atoms with Crippen LogP contribution in [0, 0.1) is 17.5 Å². The molecule has 0 bridgehead atoms. The van der Waals surface area contributed by atoms with Crippen LogP contribution in [0.2, 0.25) is 0 Å². The van der Waals surface area contributed by atoms with Crippen LogP contribution in [-0.2, 0) is 22.1 Å². The van der Waals surface area contributed by atoms with E-state index in [-0.39, 0.29) is 12.1 Å². The van der Waals surface area contributed by atoms with E-state index in [0.717, 1.165) is 18.2 Å². The minimum Gasteiger partial charge on any atom is -0.326 e. The normalized spacial score (nSPS) is 11.6. The molecule has 0 fully saturated rings. The minimum atomic E-state index is -4.13. The molecule has 3 nitrogen and oxygen atoms in total. The maximum atomic E-state index is 13.7. The first-order chi connectivity index (χ1) is 9.83. The molecule has 0 radical (unpaired) electrons. The van der Waals surface area contributed by atoms with E-state index in [1.807, 2.05) is 0 Å². The molecule has 112 valence electrons. The van der Waals surface area contributed by atoms with E-state index in [2.05, 4.69) is 0 Å². The van der Waals surface area contributed by atoms with E-state index in [1.54, 1.807) is 0 Å². The highest BCUT2D eigenvalue weighted by atomic mass is 32.2. The van der Waals surface area contributed by atoms with E-state index < -0.39 is 37.9 Å². The molecular formula is C14H12F3NO2S. The molecular weight excluding hydrogens is 303 g/mol. The molecule has 0 atom stereocenters. The van der Waals surface area contributed by atoms with Gasteiger partial charge in [-0.15, -0.1) is 0 Å². The molecule has 0 spiro atoms. The summed E-state index contributed by atoms with van der Waals surface area (Å²) in [4.78, 5) is -0.665. The smallest absolute Gasteiger partial charge is 0.185 e. The SMILES string of the molecule is NCc1ccc(F)c(CS(=O)(=O)c2ccc(F)cc2F)c1. The largest absolute Gasteiger partial charge is 0.326 e. The van der Waals surface area contributed by atoms with Crippen LogP contribution >= 0.6 is 0 Å². The van der Waals surface area contributed by atoms with Gasteiger partial charge < -0.3 is 5.73 Å². The Labute approximate surface area is 120 Å². The summed E-state index contributed by atoms with van der Waals surface area (Å²) >= 11 is 0. The van der Waals surface area contributed by atoms with Gasteiger partial charge in [0.15, 0.2) is 9.84 Å². The van der Waals surface area contributed by atoms with Gasteiger partial charge >= 0.3 is 0 Å². The maximum Gasteiger partial charge on any atom is 0.185 e. The first-order valence-corrected chi connectivity index (χ1v) is 7.64. The highest BCUT2D eigenvalue weighted by molar-refractivity contribution is 7.90. The fraction of sp³-hybridized carbons (Fsp3) is 0.143. The molecule has 2 rings (SSSR count). The zero-order valence-corrected chi connectivity index (χ0v) is 11.6. The van der Waals surface area contributed by atoms with Gasteiger partial charge in [-0.1, -0.05) is 12.1 Å². The van der Waals surface area contributed by atoms with Gasteiger partial charge in [0, 0.05) is 18.2 Å². The molecule has 21 heavy (non-hydrogen) atoms. The average Bonchev–Trinajstić information content (AvgIpc) is 2.40.